The Hall–Kier alpha value is -0.570. The Bertz CT molecular complexity index is 236. The van der Waals surface area contributed by atoms with E-state index in [-0.39, 0.29) is 0 Å². The quantitative estimate of drug-likeness (QED) is 0.790. The van der Waals surface area contributed by atoms with Gasteiger partial charge in [-0.25, -0.2) is 0 Å². The molecule has 0 aromatic heterocycles. The molecule has 1 atom stereocenters. The van der Waals surface area contributed by atoms with E-state index in [0.717, 1.165) is 44.9 Å². The summed E-state index contributed by atoms with van der Waals surface area (Å²) in [5, 5.41) is 3.32. The Kier molecular flexibility index (Phi) is 4.22. The molecule has 3 heteroatoms. The molecule has 1 amide bonds. The van der Waals surface area contributed by atoms with Gasteiger partial charge >= 0.3 is 0 Å². The average Bonchev–Trinajstić information content (AvgIpc) is 2.78. The highest BCUT2D eigenvalue weighted by atomic mass is 16.2. The lowest BCUT2D eigenvalue weighted by atomic mass is 9.96. The molecule has 16 heavy (non-hydrogen) atoms. The van der Waals surface area contributed by atoms with E-state index in [0.29, 0.717) is 11.8 Å². The first kappa shape index (κ1) is 11.9. The number of carbonyl (C=O) groups is 1. The number of likely N-dealkylation sites (tertiary alicyclic amines) is 1. The predicted molar refractivity (Wildman–Crippen MR) is 65.2 cm³/mol. The number of piperidine rings is 1. The minimum Gasteiger partial charge on any atom is -0.342 e. The van der Waals surface area contributed by atoms with Crippen molar-refractivity contribution < 1.29 is 4.79 Å². The Morgan fingerprint density at radius 2 is 2.06 bits per heavy atom. The first-order chi connectivity index (χ1) is 7.81. The van der Waals surface area contributed by atoms with Gasteiger partial charge in [0.25, 0.3) is 0 Å². The van der Waals surface area contributed by atoms with Crippen molar-refractivity contribution in [3.8, 4) is 0 Å². The lowest BCUT2D eigenvalue weighted by Gasteiger charge is -2.26. The highest BCUT2D eigenvalue weighted by molar-refractivity contribution is 5.79. The summed E-state index contributed by atoms with van der Waals surface area (Å²) in [6.45, 7) is 6.30. The maximum atomic E-state index is 12.2. The summed E-state index contributed by atoms with van der Waals surface area (Å²) in [4.78, 5) is 14.4. The molecule has 0 spiro atoms. The van der Waals surface area contributed by atoms with Crippen molar-refractivity contribution in [1.82, 2.24) is 10.2 Å². The standard InChI is InChI=1S/C13H24N2O/c1-2-3-11-6-9-15(10-11)13(16)12-4-7-14-8-5-12/h11-12,14H,2-10H2,1H3. The van der Waals surface area contributed by atoms with Crippen LogP contribution in [0.2, 0.25) is 0 Å². The smallest absolute Gasteiger partial charge is 0.225 e. The van der Waals surface area contributed by atoms with E-state index < -0.39 is 0 Å². The third-order valence-corrected chi connectivity index (χ3v) is 3.98. The molecule has 0 aromatic carbocycles. The van der Waals surface area contributed by atoms with Crippen molar-refractivity contribution >= 4 is 5.91 Å². The molecule has 1 N–H and O–H groups in total. The molecular formula is C13H24N2O. The number of carbonyl (C=O) groups excluding carboxylic acids is 1. The van der Waals surface area contributed by atoms with E-state index in [2.05, 4.69) is 17.1 Å². The summed E-state index contributed by atoms with van der Waals surface area (Å²) in [5.41, 5.74) is 0. The van der Waals surface area contributed by atoms with E-state index in [1.165, 1.54) is 19.3 Å². The van der Waals surface area contributed by atoms with E-state index in [1.54, 1.807) is 0 Å². The molecule has 2 fully saturated rings. The SMILES string of the molecule is CCCC1CCN(C(=O)C2CCNCC2)C1. The molecule has 0 aromatic rings. The largest absolute Gasteiger partial charge is 0.342 e. The van der Waals surface area contributed by atoms with Crippen LogP contribution >= 0.6 is 0 Å². The number of nitrogens with one attached hydrogen (secondary N) is 1. The zero-order valence-electron chi connectivity index (χ0n) is 10.4. The molecular weight excluding hydrogens is 200 g/mol. The van der Waals surface area contributed by atoms with Crippen molar-refractivity contribution in [1.29, 1.82) is 0 Å². The van der Waals surface area contributed by atoms with Gasteiger partial charge in [-0.2, -0.15) is 0 Å². The van der Waals surface area contributed by atoms with Gasteiger partial charge in [0.2, 0.25) is 5.91 Å². The Balaban J connectivity index is 1.81. The van der Waals surface area contributed by atoms with Crippen LogP contribution in [0.3, 0.4) is 0 Å². The lowest BCUT2D eigenvalue weighted by molar-refractivity contribution is -0.135. The van der Waals surface area contributed by atoms with Gasteiger partial charge in [0.05, 0.1) is 0 Å². The van der Waals surface area contributed by atoms with Crippen LogP contribution in [-0.4, -0.2) is 37.0 Å². The fourth-order valence-electron chi connectivity index (χ4n) is 3.00. The first-order valence-electron chi connectivity index (χ1n) is 6.80. The fourth-order valence-corrected chi connectivity index (χ4v) is 3.00. The van der Waals surface area contributed by atoms with Crippen molar-refractivity contribution in [2.24, 2.45) is 11.8 Å². The average molecular weight is 224 g/mol. The van der Waals surface area contributed by atoms with Gasteiger partial charge in [-0.1, -0.05) is 13.3 Å². The van der Waals surface area contributed by atoms with Crippen LogP contribution in [0.4, 0.5) is 0 Å². The molecule has 0 saturated carbocycles. The Labute approximate surface area is 98.6 Å². The predicted octanol–water partition coefficient (Wildman–Crippen LogP) is 1.63. The minimum absolute atomic E-state index is 0.307. The number of rotatable bonds is 3. The normalized spacial score (nSPS) is 27.3. The van der Waals surface area contributed by atoms with E-state index in [4.69, 9.17) is 0 Å². The van der Waals surface area contributed by atoms with Crippen molar-refractivity contribution in [3.05, 3.63) is 0 Å². The van der Waals surface area contributed by atoms with Gasteiger partial charge in [0.1, 0.15) is 0 Å². The highest BCUT2D eigenvalue weighted by Gasteiger charge is 2.30. The first-order valence-corrected chi connectivity index (χ1v) is 6.80. The van der Waals surface area contributed by atoms with Crippen LogP contribution in [0.15, 0.2) is 0 Å². The minimum atomic E-state index is 0.307. The van der Waals surface area contributed by atoms with Crippen LogP contribution in [0.1, 0.15) is 39.0 Å². The van der Waals surface area contributed by atoms with Gasteiger partial charge in [-0.3, -0.25) is 4.79 Å². The summed E-state index contributed by atoms with van der Waals surface area (Å²) in [7, 11) is 0. The van der Waals surface area contributed by atoms with Gasteiger partial charge in [-0.15, -0.1) is 0 Å². The number of hydrogen-bond acceptors (Lipinski definition) is 2. The maximum absolute atomic E-state index is 12.2. The topological polar surface area (TPSA) is 32.3 Å². The van der Waals surface area contributed by atoms with Crippen molar-refractivity contribution in [2.75, 3.05) is 26.2 Å². The fraction of sp³-hybridized carbons (Fsp3) is 0.923. The molecule has 0 aliphatic carbocycles. The summed E-state index contributed by atoms with van der Waals surface area (Å²) in [6, 6.07) is 0. The van der Waals surface area contributed by atoms with Crippen LogP contribution in [0.5, 0.6) is 0 Å². The molecule has 2 aliphatic heterocycles. The van der Waals surface area contributed by atoms with E-state index in [9.17, 15) is 4.79 Å². The van der Waals surface area contributed by atoms with Crippen LogP contribution < -0.4 is 5.32 Å². The second-order valence-corrected chi connectivity index (χ2v) is 5.25. The van der Waals surface area contributed by atoms with Gasteiger partial charge < -0.3 is 10.2 Å². The molecule has 0 bridgehead atoms. The number of hydrogen-bond donors (Lipinski definition) is 1. The third-order valence-electron chi connectivity index (χ3n) is 3.98. The zero-order valence-corrected chi connectivity index (χ0v) is 10.4. The molecule has 2 aliphatic rings. The summed E-state index contributed by atoms with van der Waals surface area (Å²) >= 11 is 0. The van der Waals surface area contributed by atoms with E-state index in [1.807, 2.05) is 0 Å². The van der Waals surface area contributed by atoms with Gasteiger partial charge in [0, 0.05) is 19.0 Å². The third kappa shape index (κ3) is 2.76. The highest BCUT2D eigenvalue weighted by Crippen LogP contribution is 2.24. The second-order valence-electron chi connectivity index (χ2n) is 5.25. The monoisotopic (exact) mass is 224 g/mol. The number of amides is 1. The van der Waals surface area contributed by atoms with Crippen molar-refractivity contribution in [2.45, 2.75) is 39.0 Å². The molecule has 92 valence electrons. The molecule has 0 radical (unpaired) electrons. The molecule has 2 rings (SSSR count). The van der Waals surface area contributed by atoms with Crippen molar-refractivity contribution in [3.63, 3.8) is 0 Å². The molecule has 1 unspecified atom stereocenters. The molecule has 2 saturated heterocycles. The second kappa shape index (κ2) is 5.67. The van der Waals surface area contributed by atoms with Crippen LogP contribution in [0.25, 0.3) is 0 Å². The Morgan fingerprint density at radius 3 is 2.75 bits per heavy atom. The van der Waals surface area contributed by atoms with Gasteiger partial charge in [-0.05, 0) is 44.7 Å². The molecule has 2 heterocycles. The van der Waals surface area contributed by atoms with Crippen LogP contribution in [0, 0.1) is 11.8 Å². The summed E-state index contributed by atoms with van der Waals surface area (Å²) < 4.78 is 0. The molecule has 3 nitrogen and oxygen atoms in total. The van der Waals surface area contributed by atoms with E-state index >= 15 is 0 Å². The zero-order chi connectivity index (χ0) is 11.4. The number of nitrogens with zero attached hydrogens (tertiary/aromatic N) is 1. The summed E-state index contributed by atoms with van der Waals surface area (Å²) in [5.74, 6) is 1.51. The van der Waals surface area contributed by atoms with Crippen LogP contribution in [-0.2, 0) is 4.79 Å². The van der Waals surface area contributed by atoms with Gasteiger partial charge in [0.15, 0.2) is 0 Å². The Morgan fingerprint density at radius 1 is 1.31 bits per heavy atom. The lowest BCUT2D eigenvalue weighted by Crippen LogP contribution is -2.40. The maximum Gasteiger partial charge on any atom is 0.225 e. The summed E-state index contributed by atoms with van der Waals surface area (Å²) in [6.07, 6.45) is 5.84.